The molecule has 0 spiro atoms. The summed E-state index contributed by atoms with van der Waals surface area (Å²) in [6.07, 6.45) is 1.18. The van der Waals surface area contributed by atoms with Crippen LogP contribution >= 0.6 is 45.2 Å². The third-order valence-electron chi connectivity index (χ3n) is 4.32. The van der Waals surface area contributed by atoms with Crippen LogP contribution in [0.15, 0.2) is 36.4 Å². The Balaban J connectivity index is 1.96. The van der Waals surface area contributed by atoms with Gasteiger partial charge in [0.05, 0.1) is 3.57 Å². The Labute approximate surface area is 172 Å². The number of benzene rings is 2. The van der Waals surface area contributed by atoms with Gasteiger partial charge in [-0.1, -0.05) is 12.1 Å². The SMILES string of the molecule is O=C(OC1(c2ccc(F)cc2)CCNCC1)c1cc(I)cc(I)c1O. The molecule has 2 aromatic carbocycles. The molecule has 0 aliphatic carbocycles. The van der Waals surface area contributed by atoms with E-state index in [-0.39, 0.29) is 17.1 Å². The molecule has 1 saturated heterocycles. The van der Waals surface area contributed by atoms with Crippen molar-refractivity contribution in [1.29, 1.82) is 0 Å². The number of ether oxygens (including phenoxy) is 1. The van der Waals surface area contributed by atoms with Crippen LogP contribution in [-0.2, 0) is 10.3 Å². The van der Waals surface area contributed by atoms with Gasteiger partial charge in [-0.3, -0.25) is 0 Å². The van der Waals surface area contributed by atoms with Gasteiger partial charge in [0.2, 0.25) is 0 Å². The van der Waals surface area contributed by atoms with E-state index in [0.29, 0.717) is 29.5 Å². The average Bonchev–Trinajstić information content (AvgIpc) is 2.59. The number of nitrogens with one attached hydrogen (secondary N) is 1. The van der Waals surface area contributed by atoms with Gasteiger partial charge in [-0.2, -0.15) is 0 Å². The van der Waals surface area contributed by atoms with Crippen molar-refractivity contribution < 1.29 is 19.0 Å². The number of aromatic hydroxyl groups is 1. The first-order valence-electron chi connectivity index (χ1n) is 7.79. The van der Waals surface area contributed by atoms with E-state index in [4.69, 9.17) is 4.74 Å². The zero-order valence-electron chi connectivity index (χ0n) is 13.2. The smallest absolute Gasteiger partial charge is 0.342 e. The lowest BCUT2D eigenvalue weighted by Gasteiger charge is -2.37. The highest BCUT2D eigenvalue weighted by atomic mass is 127. The van der Waals surface area contributed by atoms with Crippen LogP contribution in [0.2, 0.25) is 0 Å². The Hall–Kier alpha value is -0.940. The molecule has 0 radical (unpaired) electrons. The molecule has 7 heteroatoms. The molecule has 2 N–H and O–H groups in total. The van der Waals surface area contributed by atoms with Gasteiger partial charge in [0, 0.05) is 16.4 Å². The number of carbonyl (C=O) groups is 1. The van der Waals surface area contributed by atoms with Gasteiger partial charge in [0.15, 0.2) is 0 Å². The second kappa shape index (κ2) is 7.75. The van der Waals surface area contributed by atoms with Crippen LogP contribution in [0.5, 0.6) is 5.75 Å². The maximum atomic E-state index is 13.3. The second-order valence-corrected chi connectivity index (χ2v) is 8.33. The minimum atomic E-state index is -0.824. The summed E-state index contributed by atoms with van der Waals surface area (Å²) in [5, 5.41) is 13.5. The standard InChI is InChI=1S/C18H16FI2NO3/c19-12-3-1-11(2-4-12)18(5-7-22-8-6-18)25-17(24)14-9-13(20)10-15(21)16(14)23/h1-4,9-10,22-23H,5-8H2. The molecule has 25 heavy (non-hydrogen) atoms. The molecule has 0 unspecified atom stereocenters. The van der Waals surface area contributed by atoms with E-state index in [0.717, 1.165) is 9.13 Å². The predicted molar refractivity (Wildman–Crippen MR) is 109 cm³/mol. The largest absolute Gasteiger partial charge is 0.506 e. The minimum absolute atomic E-state index is 0.0748. The van der Waals surface area contributed by atoms with Gasteiger partial charge in [-0.15, -0.1) is 0 Å². The van der Waals surface area contributed by atoms with Crippen LogP contribution in [-0.4, -0.2) is 24.2 Å². The number of esters is 1. The Morgan fingerprint density at radius 3 is 2.44 bits per heavy atom. The molecule has 1 heterocycles. The topological polar surface area (TPSA) is 58.6 Å². The van der Waals surface area contributed by atoms with E-state index in [9.17, 15) is 14.3 Å². The van der Waals surface area contributed by atoms with Crippen LogP contribution in [0, 0.1) is 13.0 Å². The molecule has 0 aromatic heterocycles. The molecular weight excluding hydrogens is 551 g/mol. The normalized spacial score (nSPS) is 16.4. The zero-order chi connectivity index (χ0) is 18.0. The van der Waals surface area contributed by atoms with E-state index in [1.807, 2.05) is 22.6 Å². The summed E-state index contributed by atoms with van der Waals surface area (Å²) in [6, 6.07) is 9.46. The van der Waals surface area contributed by atoms with Crippen molar-refractivity contribution in [1.82, 2.24) is 5.32 Å². The monoisotopic (exact) mass is 567 g/mol. The number of phenolic OH excluding ortho intramolecular Hbond substituents is 1. The van der Waals surface area contributed by atoms with Crippen LogP contribution in [0.3, 0.4) is 0 Å². The van der Waals surface area contributed by atoms with Crippen molar-refractivity contribution in [3.63, 3.8) is 0 Å². The molecule has 3 rings (SSSR count). The van der Waals surface area contributed by atoms with Gasteiger partial charge in [-0.05, 0) is 88.1 Å². The van der Waals surface area contributed by atoms with Crippen LogP contribution < -0.4 is 5.32 Å². The van der Waals surface area contributed by atoms with Crippen LogP contribution in [0.4, 0.5) is 4.39 Å². The molecule has 0 bridgehead atoms. The third-order valence-corrected chi connectivity index (χ3v) is 5.76. The van der Waals surface area contributed by atoms with Gasteiger partial charge in [-0.25, -0.2) is 9.18 Å². The molecule has 0 saturated carbocycles. The van der Waals surface area contributed by atoms with Crippen molar-refractivity contribution in [2.75, 3.05) is 13.1 Å². The summed E-state index contributed by atoms with van der Waals surface area (Å²) in [5.41, 5.74) is 0.0923. The summed E-state index contributed by atoms with van der Waals surface area (Å²) in [7, 11) is 0. The highest BCUT2D eigenvalue weighted by Gasteiger charge is 2.38. The van der Waals surface area contributed by atoms with E-state index >= 15 is 0 Å². The van der Waals surface area contributed by atoms with E-state index in [2.05, 4.69) is 27.9 Å². The second-order valence-electron chi connectivity index (χ2n) is 5.92. The molecule has 0 atom stereocenters. The molecule has 4 nitrogen and oxygen atoms in total. The average molecular weight is 567 g/mol. The lowest BCUT2D eigenvalue weighted by molar-refractivity contribution is -0.0380. The number of halogens is 3. The van der Waals surface area contributed by atoms with Crippen LogP contribution in [0.25, 0.3) is 0 Å². The van der Waals surface area contributed by atoms with E-state index in [1.54, 1.807) is 24.3 Å². The molecule has 1 aliphatic heterocycles. The first kappa shape index (κ1) is 18.8. The Bertz CT molecular complexity index is 790. The molecule has 2 aromatic rings. The maximum Gasteiger partial charge on any atom is 0.342 e. The van der Waals surface area contributed by atoms with Crippen molar-refractivity contribution >= 4 is 51.2 Å². The van der Waals surface area contributed by atoms with E-state index < -0.39 is 11.6 Å². The number of hydrogen-bond donors (Lipinski definition) is 2. The maximum absolute atomic E-state index is 13.3. The molecule has 132 valence electrons. The van der Waals surface area contributed by atoms with Crippen molar-refractivity contribution in [3.05, 3.63) is 60.5 Å². The van der Waals surface area contributed by atoms with Crippen molar-refractivity contribution in [2.45, 2.75) is 18.4 Å². The quantitative estimate of drug-likeness (QED) is 0.432. The minimum Gasteiger partial charge on any atom is -0.506 e. The first-order valence-corrected chi connectivity index (χ1v) is 9.95. The lowest BCUT2D eigenvalue weighted by atomic mass is 9.84. The fraction of sp³-hybridized carbons (Fsp3) is 0.278. The number of phenols is 1. The first-order chi connectivity index (χ1) is 11.9. The summed E-state index contributed by atoms with van der Waals surface area (Å²) >= 11 is 4.08. The van der Waals surface area contributed by atoms with Crippen molar-refractivity contribution in [3.8, 4) is 5.75 Å². The summed E-state index contributed by atoms with van der Waals surface area (Å²) < 4.78 is 20.6. The van der Waals surface area contributed by atoms with Crippen LogP contribution in [0.1, 0.15) is 28.8 Å². The highest BCUT2D eigenvalue weighted by molar-refractivity contribution is 14.1. The summed E-state index contributed by atoms with van der Waals surface area (Å²) in [6.45, 7) is 1.39. The van der Waals surface area contributed by atoms with Gasteiger partial charge in [0.25, 0.3) is 0 Å². The number of piperidine rings is 1. The van der Waals surface area contributed by atoms with Gasteiger partial charge >= 0.3 is 5.97 Å². The zero-order valence-corrected chi connectivity index (χ0v) is 17.5. The van der Waals surface area contributed by atoms with Gasteiger partial charge < -0.3 is 15.2 Å². The lowest BCUT2D eigenvalue weighted by Crippen LogP contribution is -2.43. The van der Waals surface area contributed by atoms with Gasteiger partial charge in [0.1, 0.15) is 22.7 Å². The predicted octanol–water partition coefficient (Wildman–Crippen LogP) is 4.18. The molecule has 0 amide bonds. The fourth-order valence-corrected chi connectivity index (χ4v) is 4.83. The highest BCUT2D eigenvalue weighted by Crippen LogP contribution is 2.37. The summed E-state index contributed by atoms with van der Waals surface area (Å²) in [5.74, 6) is -0.974. The fourth-order valence-electron chi connectivity index (χ4n) is 2.99. The third kappa shape index (κ3) is 4.08. The van der Waals surface area contributed by atoms with E-state index in [1.165, 1.54) is 12.1 Å². The Kier molecular flexibility index (Phi) is 5.84. The number of carbonyl (C=O) groups excluding carboxylic acids is 1. The molecular formula is C18H16FI2NO3. The Morgan fingerprint density at radius 1 is 1.16 bits per heavy atom. The number of hydrogen-bond acceptors (Lipinski definition) is 4. The summed E-state index contributed by atoms with van der Waals surface area (Å²) in [4.78, 5) is 12.8. The molecule has 1 fully saturated rings. The van der Waals surface area contributed by atoms with Crippen molar-refractivity contribution in [2.24, 2.45) is 0 Å². The molecule has 1 aliphatic rings. The number of rotatable bonds is 3. The Morgan fingerprint density at radius 2 is 1.80 bits per heavy atom.